The number of nitrogens with two attached hydrogens (primary N) is 1. The summed E-state index contributed by atoms with van der Waals surface area (Å²) in [5, 5.41) is 1.01. The molecule has 6 rings (SSSR count). The van der Waals surface area contributed by atoms with Crippen LogP contribution in [0.15, 0.2) is 30.7 Å². The number of nitrogens with one attached hydrogen (secondary N) is 2. The van der Waals surface area contributed by atoms with Crippen molar-refractivity contribution in [3.05, 3.63) is 42.4 Å². The molecule has 0 unspecified atom stereocenters. The Bertz CT molecular complexity index is 1270. The van der Waals surface area contributed by atoms with E-state index >= 15 is 0 Å². The fourth-order valence-corrected chi connectivity index (χ4v) is 4.81. The minimum Gasteiger partial charge on any atom is -0.378 e. The molecule has 3 aromatic heterocycles. The van der Waals surface area contributed by atoms with Gasteiger partial charge in [-0.15, -0.1) is 0 Å². The summed E-state index contributed by atoms with van der Waals surface area (Å²) in [5.41, 5.74) is 9.31. The molecule has 0 saturated carbocycles. The zero-order chi connectivity index (χ0) is 21.7. The number of imidazole rings is 1. The number of aromatic nitrogens is 5. The quantitative estimate of drug-likeness (QED) is 0.452. The van der Waals surface area contributed by atoms with Crippen molar-refractivity contribution in [2.75, 3.05) is 49.2 Å². The van der Waals surface area contributed by atoms with Gasteiger partial charge in [0.2, 0.25) is 0 Å². The Morgan fingerprint density at radius 2 is 1.88 bits per heavy atom. The molecule has 0 bridgehead atoms. The lowest BCUT2D eigenvalue weighted by Crippen LogP contribution is -2.49. The van der Waals surface area contributed by atoms with Crippen LogP contribution in [0.3, 0.4) is 0 Å². The highest BCUT2D eigenvalue weighted by Crippen LogP contribution is 2.35. The van der Waals surface area contributed by atoms with E-state index in [9.17, 15) is 4.39 Å². The predicted octanol–water partition coefficient (Wildman–Crippen LogP) is 2.26. The van der Waals surface area contributed by atoms with Crippen molar-refractivity contribution in [2.24, 2.45) is 5.73 Å². The third-order valence-electron chi connectivity index (χ3n) is 6.64. The van der Waals surface area contributed by atoms with Gasteiger partial charge in [0.1, 0.15) is 35.0 Å². The highest BCUT2D eigenvalue weighted by atomic mass is 19.1. The molecule has 0 atom stereocenters. The first-order chi connectivity index (χ1) is 15.6. The van der Waals surface area contributed by atoms with E-state index in [1.165, 1.54) is 6.07 Å². The first-order valence-corrected chi connectivity index (χ1v) is 11.0. The van der Waals surface area contributed by atoms with Gasteiger partial charge < -0.3 is 30.2 Å². The molecule has 0 radical (unpaired) electrons. The average Bonchev–Trinajstić information content (AvgIpc) is 3.47. The smallest absolute Gasteiger partial charge is 0.142 e. The van der Waals surface area contributed by atoms with Crippen molar-refractivity contribution < 1.29 is 9.13 Å². The number of H-pyrrole nitrogens is 2. The highest BCUT2D eigenvalue weighted by molar-refractivity contribution is 5.89. The molecule has 1 aromatic carbocycles. The number of aromatic amines is 2. The minimum atomic E-state index is -0.613. The van der Waals surface area contributed by atoms with Gasteiger partial charge in [-0.05, 0) is 31.0 Å². The van der Waals surface area contributed by atoms with Gasteiger partial charge in [-0.25, -0.2) is 19.3 Å². The Morgan fingerprint density at radius 3 is 2.69 bits per heavy atom. The number of morpholine rings is 1. The largest absolute Gasteiger partial charge is 0.378 e. The Kier molecular flexibility index (Phi) is 4.51. The number of hydrogen-bond acceptors (Lipinski definition) is 7. The van der Waals surface area contributed by atoms with Crippen LogP contribution < -0.4 is 15.5 Å². The Hall–Kier alpha value is -3.24. The van der Waals surface area contributed by atoms with E-state index in [1.807, 2.05) is 12.3 Å². The van der Waals surface area contributed by atoms with Crippen LogP contribution in [-0.4, -0.2) is 64.3 Å². The Balaban J connectivity index is 1.29. The zero-order valence-electron chi connectivity index (χ0n) is 17.6. The molecule has 2 aliphatic heterocycles. The summed E-state index contributed by atoms with van der Waals surface area (Å²) < 4.78 is 19.8. The first kappa shape index (κ1) is 19.4. The topological polar surface area (TPSA) is 112 Å². The van der Waals surface area contributed by atoms with E-state index in [-0.39, 0.29) is 5.82 Å². The number of piperidine rings is 1. The van der Waals surface area contributed by atoms with Gasteiger partial charge in [-0.1, -0.05) is 0 Å². The van der Waals surface area contributed by atoms with Crippen LogP contribution in [0, 0.1) is 5.82 Å². The molecule has 4 aromatic rings. The maximum Gasteiger partial charge on any atom is 0.142 e. The van der Waals surface area contributed by atoms with Gasteiger partial charge in [0, 0.05) is 32.4 Å². The predicted molar refractivity (Wildman–Crippen MR) is 120 cm³/mol. The molecule has 2 aliphatic rings. The summed E-state index contributed by atoms with van der Waals surface area (Å²) in [6.07, 6.45) is 4.87. The summed E-state index contributed by atoms with van der Waals surface area (Å²) in [5.74, 6) is 1.34. The van der Waals surface area contributed by atoms with Crippen molar-refractivity contribution in [3.8, 4) is 0 Å². The van der Waals surface area contributed by atoms with E-state index in [1.54, 1.807) is 12.4 Å². The second-order valence-corrected chi connectivity index (χ2v) is 8.59. The van der Waals surface area contributed by atoms with E-state index in [2.05, 4.69) is 29.7 Å². The molecule has 0 amide bonds. The third kappa shape index (κ3) is 3.18. The summed E-state index contributed by atoms with van der Waals surface area (Å²) in [6, 6.07) is 5.05. The summed E-state index contributed by atoms with van der Waals surface area (Å²) in [4.78, 5) is 24.5. The number of rotatable bonds is 3. The molecule has 0 spiro atoms. The minimum absolute atomic E-state index is 0.283. The van der Waals surface area contributed by atoms with Crippen LogP contribution in [0.2, 0.25) is 0 Å². The Labute approximate surface area is 183 Å². The second kappa shape index (κ2) is 7.42. The SMILES string of the molecule is NC1(c2nc3c(N4CCOCC4)cc(F)cc3[nH]2)CCN(c2ncnc3[nH]ccc23)CC1. The lowest BCUT2D eigenvalue weighted by atomic mass is 9.88. The third-order valence-corrected chi connectivity index (χ3v) is 6.64. The summed E-state index contributed by atoms with van der Waals surface area (Å²) >= 11 is 0. The van der Waals surface area contributed by atoms with Crippen molar-refractivity contribution >= 4 is 33.6 Å². The zero-order valence-corrected chi connectivity index (χ0v) is 17.6. The number of fused-ring (bicyclic) bond motifs is 2. The standard InChI is InChI=1S/C22H25FN8O/c23-14-11-16-18(17(12-14)30-7-9-32-10-8-30)29-21(28-16)22(24)2-5-31(6-3-22)20-15-1-4-25-19(15)26-13-27-20/h1,4,11-13H,2-3,5-10,24H2,(H,28,29)(H,25,26,27). The Morgan fingerprint density at radius 1 is 1.06 bits per heavy atom. The van der Waals surface area contributed by atoms with Gasteiger partial charge in [0.05, 0.1) is 35.3 Å². The van der Waals surface area contributed by atoms with Crippen molar-refractivity contribution in [3.63, 3.8) is 0 Å². The number of ether oxygens (including phenoxy) is 1. The van der Waals surface area contributed by atoms with Gasteiger partial charge >= 0.3 is 0 Å². The number of nitrogens with zero attached hydrogens (tertiary/aromatic N) is 5. The maximum atomic E-state index is 14.4. The maximum absolute atomic E-state index is 14.4. The van der Waals surface area contributed by atoms with Crippen LogP contribution in [0.5, 0.6) is 0 Å². The van der Waals surface area contributed by atoms with Crippen LogP contribution in [0.4, 0.5) is 15.9 Å². The lowest BCUT2D eigenvalue weighted by molar-refractivity contribution is 0.123. The fraction of sp³-hybridized carbons (Fsp3) is 0.409. The van der Waals surface area contributed by atoms with Crippen molar-refractivity contribution in [1.29, 1.82) is 0 Å². The molecule has 32 heavy (non-hydrogen) atoms. The number of anilines is 2. The molecular weight excluding hydrogens is 411 g/mol. The van der Waals surface area contributed by atoms with Gasteiger partial charge in [0.15, 0.2) is 0 Å². The lowest BCUT2D eigenvalue weighted by Gasteiger charge is -2.38. The molecule has 4 N–H and O–H groups in total. The molecule has 9 nitrogen and oxygen atoms in total. The second-order valence-electron chi connectivity index (χ2n) is 8.59. The monoisotopic (exact) mass is 436 g/mol. The fourth-order valence-electron chi connectivity index (χ4n) is 4.81. The molecule has 10 heteroatoms. The van der Waals surface area contributed by atoms with Crippen molar-refractivity contribution in [1.82, 2.24) is 24.9 Å². The average molecular weight is 436 g/mol. The van der Waals surface area contributed by atoms with Gasteiger partial charge in [0.25, 0.3) is 0 Å². The molecule has 0 aliphatic carbocycles. The van der Waals surface area contributed by atoms with Crippen molar-refractivity contribution in [2.45, 2.75) is 18.4 Å². The molecule has 2 saturated heterocycles. The summed E-state index contributed by atoms with van der Waals surface area (Å²) in [7, 11) is 0. The van der Waals surface area contributed by atoms with Gasteiger partial charge in [-0.2, -0.15) is 0 Å². The van der Waals surface area contributed by atoms with Gasteiger partial charge in [-0.3, -0.25) is 0 Å². The first-order valence-electron chi connectivity index (χ1n) is 11.0. The van der Waals surface area contributed by atoms with E-state index in [4.69, 9.17) is 15.5 Å². The van der Waals surface area contributed by atoms with Crippen LogP contribution >= 0.6 is 0 Å². The highest BCUT2D eigenvalue weighted by Gasteiger charge is 2.36. The molecule has 2 fully saturated rings. The normalized spacial score (nSPS) is 19.2. The molecule has 5 heterocycles. The van der Waals surface area contributed by atoms with Crippen LogP contribution in [-0.2, 0) is 10.3 Å². The number of benzene rings is 1. The number of hydrogen-bond donors (Lipinski definition) is 3. The van der Waals surface area contributed by atoms with E-state index in [0.29, 0.717) is 37.4 Å². The van der Waals surface area contributed by atoms with E-state index < -0.39 is 5.54 Å². The summed E-state index contributed by atoms with van der Waals surface area (Å²) in [6.45, 7) is 4.18. The van der Waals surface area contributed by atoms with E-state index in [0.717, 1.165) is 54.2 Å². The van der Waals surface area contributed by atoms with Crippen LogP contribution in [0.25, 0.3) is 22.1 Å². The molecule has 166 valence electrons. The molecular formula is C22H25FN8O. The number of halogens is 1. The van der Waals surface area contributed by atoms with Crippen LogP contribution in [0.1, 0.15) is 18.7 Å².